The number of carboxylic acid groups (broad SMARTS) is 1. The molecule has 0 radical (unpaired) electrons. The minimum Gasteiger partial charge on any atom is -0.497 e. The maximum atomic E-state index is 14.8. The average Bonchev–Trinajstić information content (AvgIpc) is 3.71. The number of hydrogen-bond acceptors (Lipinski definition) is 4. The van der Waals surface area contributed by atoms with Crippen molar-refractivity contribution < 1.29 is 28.9 Å². The predicted molar refractivity (Wildman–Crippen MR) is 141 cm³/mol. The Morgan fingerprint density at radius 2 is 1.78 bits per heavy atom. The summed E-state index contributed by atoms with van der Waals surface area (Å²) in [6.45, 7) is 6.06. The molecule has 0 saturated heterocycles. The summed E-state index contributed by atoms with van der Waals surface area (Å²) in [7, 11) is 1.53. The van der Waals surface area contributed by atoms with Crippen molar-refractivity contribution in [2.45, 2.75) is 58.7 Å². The van der Waals surface area contributed by atoms with Crippen LogP contribution in [-0.2, 0) is 11.4 Å². The lowest BCUT2D eigenvalue weighted by atomic mass is 9.81. The normalized spacial score (nSPS) is 15.2. The van der Waals surface area contributed by atoms with E-state index < -0.39 is 23.3 Å². The van der Waals surface area contributed by atoms with Gasteiger partial charge in [0.15, 0.2) is 0 Å². The van der Waals surface area contributed by atoms with E-state index in [1.54, 1.807) is 12.1 Å². The lowest BCUT2D eigenvalue weighted by molar-refractivity contribution is -0.137. The minimum atomic E-state index is -0.841. The van der Waals surface area contributed by atoms with Gasteiger partial charge in [-0.3, -0.25) is 4.79 Å². The minimum absolute atomic E-state index is 0.00775. The Bertz CT molecular complexity index is 1260. The van der Waals surface area contributed by atoms with E-state index in [0.717, 1.165) is 24.0 Å². The van der Waals surface area contributed by atoms with Gasteiger partial charge in [-0.1, -0.05) is 45.0 Å². The van der Waals surface area contributed by atoms with Crippen LogP contribution in [0.5, 0.6) is 11.5 Å². The Morgan fingerprint density at radius 1 is 1.03 bits per heavy atom. The molecule has 0 bridgehead atoms. The van der Waals surface area contributed by atoms with Gasteiger partial charge in [0.2, 0.25) is 0 Å². The lowest BCUT2D eigenvalue weighted by Gasteiger charge is -2.28. The van der Waals surface area contributed by atoms with Crippen molar-refractivity contribution >= 4 is 5.97 Å². The molecule has 1 fully saturated rings. The first-order chi connectivity index (χ1) is 17.6. The van der Waals surface area contributed by atoms with Crippen molar-refractivity contribution in [2.75, 3.05) is 7.11 Å². The third-order valence-electron chi connectivity index (χ3n) is 6.97. The summed E-state index contributed by atoms with van der Waals surface area (Å²) in [5.41, 5.74) is 2.92. The van der Waals surface area contributed by atoms with Crippen LogP contribution in [-0.4, -0.2) is 23.3 Å². The molecule has 0 spiro atoms. The fourth-order valence-electron chi connectivity index (χ4n) is 4.72. The SMILES string of the molecule is COc1ccc(F)c(-c2ccc(COc3cccc([C@@H](CC(=O)O)C4CC4)c3)cc2[C@H](O)C(C)(C)C)c1. The molecule has 3 aromatic carbocycles. The summed E-state index contributed by atoms with van der Waals surface area (Å²) in [4.78, 5) is 11.4. The predicted octanol–water partition coefficient (Wildman–Crippen LogP) is 7.13. The van der Waals surface area contributed by atoms with E-state index in [9.17, 15) is 19.4 Å². The number of halogens is 1. The Hall–Kier alpha value is -3.38. The van der Waals surface area contributed by atoms with Gasteiger partial charge < -0.3 is 19.7 Å². The van der Waals surface area contributed by atoms with Gasteiger partial charge in [-0.05, 0) is 88.7 Å². The molecule has 2 N–H and O–H groups in total. The maximum Gasteiger partial charge on any atom is 0.303 e. The largest absolute Gasteiger partial charge is 0.497 e. The molecule has 2 atom stereocenters. The van der Waals surface area contributed by atoms with Gasteiger partial charge in [-0.15, -0.1) is 0 Å². The topological polar surface area (TPSA) is 76.0 Å². The molecule has 5 nitrogen and oxygen atoms in total. The van der Waals surface area contributed by atoms with Gasteiger partial charge in [-0.2, -0.15) is 0 Å². The highest BCUT2D eigenvalue weighted by atomic mass is 19.1. The molecule has 0 aliphatic heterocycles. The van der Waals surface area contributed by atoms with Crippen LogP contribution < -0.4 is 9.47 Å². The number of hydrogen-bond donors (Lipinski definition) is 2. The molecule has 196 valence electrons. The van der Waals surface area contributed by atoms with Crippen LogP contribution in [0.25, 0.3) is 11.1 Å². The van der Waals surface area contributed by atoms with Crippen LogP contribution in [0.2, 0.25) is 0 Å². The number of ether oxygens (including phenoxy) is 2. The Kier molecular flexibility index (Phi) is 7.88. The van der Waals surface area contributed by atoms with Gasteiger partial charge in [0.25, 0.3) is 0 Å². The third kappa shape index (κ3) is 6.50. The first-order valence-corrected chi connectivity index (χ1v) is 12.7. The average molecular weight is 507 g/mol. The summed E-state index contributed by atoms with van der Waals surface area (Å²) in [5.74, 6) is 0.418. The molecule has 0 aromatic heterocycles. The number of rotatable bonds is 10. The van der Waals surface area contributed by atoms with Crippen LogP contribution in [0.15, 0.2) is 60.7 Å². The highest BCUT2D eigenvalue weighted by Crippen LogP contribution is 2.45. The molecule has 37 heavy (non-hydrogen) atoms. The quantitative estimate of drug-likeness (QED) is 0.306. The second-order valence-corrected chi connectivity index (χ2v) is 10.9. The maximum absolute atomic E-state index is 14.8. The molecular weight excluding hydrogens is 471 g/mol. The third-order valence-corrected chi connectivity index (χ3v) is 6.97. The molecular formula is C31H35FO5. The summed E-state index contributed by atoms with van der Waals surface area (Å²) in [5, 5.41) is 20.6. The van der Waals surface area contributed by atoms with Crippen LogP contribution in [0.1, 0.15) is 68.7 Å². The summed E-state index contributed by atoms with van der Waals surface area (Å²) >= 11 is 0. The molecule has 0 amide bonds. The van der Waals surface area contributed by atoms with Gasteiger partial charge >= 0.3 is 5.97 Å². The second kappa shape index (κ2) is 10.9. The molecule has 1 aliphatic rings. The van der Waals surface area contributed by atoms with Crippen LogP contribution >= 0.6 is 0 Å². The van der Waals surface area contributed by atoms with Crippen LogP contribution in [0.3, 0.4) is 0 Å². The zero-order valence-electron chi connectivity index (χ0n) is 21.8. The first kappa shape index (κ1) is 26.7. The number of aliphatic hydroxyl groups is 1. The molecule has 0 heterocycles. The summed E-state index contributed by atoms with van der Waals surface area (Å²) in [6, 6.07) is 17.8. The molecule has 3 aromatic rings. The number of benzene rings is 3. The molecule has 1 aliphatic carbocycles. The number of aliphatic hydroxyl groups excluding tert-OH is 1. The van der Waals surface area contributed by atoms with E-state index in [1.165, 1.54) is 13.2 Å². The lowest BCUT2D eigenvalue weighted by Crippen LogP contribution is -2.19. The Labute approximate surface area is 217 Å². The van der Waals surface area contributed by atoms with E-state index in [0.29, 0.717) is 34.1 Å². The number of carboxylic acids is 1. The fourth-order valence-corrected chi connectivity index (χ4v) is 4.72. The van der Waals surface area contributed by atoms with E-state index in [1.807, 2.05) is 63.2 Å². The van der Waals surface area contributed by atoms with Crippen molar-refractivity contribution in [3.05, 3.63) is 83.2 Å². The zero-order valence-corrected chi connectivity index (χ0v) is 21.8. The highest BCUT2D eigenvalue weighted by molar-refractivity contribution is 5.70. The Morgan fingerprint density at radius 3 is 2.43 bits per heavy atom. The van der Waals surface area contributed by atoms with E-state index in [4.69, 9.17) is 9.47 Å². The fraction of sp³-hybridized carbons (Fsp3) is 0.387. The number of methoxy groups -OCH3 is 1. The first-order valence-electron chi connectivity index (χ1n) is 12.7. The number of aliphatic carboxylic acids is 1. The van der Waals surface area contributed by atoms with Crippen molar-refractivity contribution in [2.24, 2.45) is 11.3 Å². The molecule has 6 heteroatoms. The monoisotopic (exact) mass is 506 g/mol. The number of carbonyl (C=O) groups is 1. The van der Waals surface area contributed by atoms with Crippen molar-refractivity contribution in [1.82, 2.24) is 0 Å². The van der Waals surface area contributed by atoms with Crippen LogP contribution in [0.4, 0.5) is 4.39 Å². The van der Waals surface area contributed by atoms with Gasteiger partial charge in [0, 0.05) is 5.56 Å². The summed E-state index contributed by atoms with van der Waals surface area (Å²) in [6.07, 6.45) is 1.39. The second-order valence-electron chi connectivity index (χ2n) is 10.9. The highest BCUT2D eigenvalue weighted by Gasteiger charge is 2.34. The van der Waals surface area contributed by atoms with Crippen molar-refractivity contribution in [1.29, 1.82) is 0 Å². The zero-order chi connectivity index (χ0) is 26.7. The smallest absolute Gasteiger partial charge is 0.303 e. The molecule has 4 rings (SSSR count). The van der Waals surface area contributed by atoms with E-state index in [2.05, 4.69) is 0 Å². The molecule has 1 saturated carbocycles. The molecule has 0 unspecified atom stereocenters. The van der Waals surface area contributed by atoms with Gasteiger partial charge in [0.05, 0.1) is 19.6 Å². The van der Waals surface area contributed by atoms with E-state index >= 15 is 0 Å². The van der Waals surface area contributed by atoms with Crippen molar-refractivity contribution in [3.63, 3.8) is 0 Å². The van der Waals surface area contributed by atoms with Gasteiger partial charge in [0.1, 0.15) is 23.9 Å². The standard InChI is InChI=1S/C31H35FO5/c1-31(2,3)30(35)27-14-19(8-12-24(27)26-16-22(36-4)11-13-28(26)32)18-37-23-7-5-6-21(15-23)25(17-29(33)34)20-9-10-20/h5-8,11-16,20,25,30,35H,9-10,17-18H2,1-4H3,(H,33,34)/t25-,30-/m0/s1. The Balaban J connectivity index is 1.61. The van der Waals surface area contributed by atoms with Crippen LogP contribution in [0, 0.1) is 17.2 Å². The van der Waals surface area contributed by atoms with E-state index in [-0.39, 0.29) is 18.9 Å². The van der Waals surface area contributed by atoms with Gasteiger partial charge in [-0.25, -0.2) is 4.39 Å². The van der Waals surface area contributed by atoms with Crippen molar-refractivity contribution in [3.8, 4) is 22.6 Å². The summed E-state index contributed by atoms with van der Waals surface area (Å²) < 4.78 is 26.2.